The summed E-state index contributed by atoms with van der Waals surface area (Å²) in [6.45, 7) is 1.08. The van der Waals surface area contributed by atoms with Crippen molar-refractivity contribution in [1.29, 1.82) is 0 Å². The molecule has 0 radical (unpaired) electrons. The van der Waals surface area contributed by atoms with Crippen LogP contribution in [-0.2, 0) is 6.61 Å². The van der Waals surface area contributed by atoms with Gasteiger partial charge in [-0.2, -0.15) is 0 Å². The van der Waals surface area contributed by atoms with E-state index in [4.69, 9.17) is 0 Å². The summed E-state index contributed by atoms with van der Waals surface area (Å²) in [6.07, 6.45) is 7.17. The molecule has 1 saturated carbocycles. The molecule has 1 heterocycles. The molecule has 0 spiro atoms. The van der Waals surface area contributed by atoms with Crippen molar-refractivity contribution in [3.8, 4) is 0 Å². The second-order valence-electron chi connectivity index (χ2n) is 4.83. The first-order valence-corrected chi connectivity index (χ1v) is 6.96. The summed E-state index contributed by atoms with van der Waals surface area (Å²) in [4.78, 5) is 6.58. The van der Waals surface area contributed by atoms with E-state index in [9.17, 15) is 5.11 Å². The second kappa shape index (κ2) is 5.83. The van der Waals surface area contributed by atoms with Gasteiger partial charge in [0.1, 0.15) is 5.82 Å². The molecule has 1 fully saturated rings. The number of nitrogens with zero attached hydrogens (tertiary/aromatic N) is 2. The fourth-order valence-electron chi connectivity index (χ4n) is 2.60. The molecule has 2 rings (SSSR count). The second-order valence-corrected chi connectivity index (χ2v) is 5.74. The number of halogens is 1. The Morgan fingerprint density at radius 1 is 1.47 bits per heavy atom. The molecule has 0 aromatic carbocycles. The van der Waals surface area contributed by atoms with Crippen molar-refractivity contribution in [2.24, 2.45) is 5.92 Å². The molecule has 0 unspecified atom stereocenters. The van der Waals surface area contributed by atoms with Crippen LogP contribution >= 0.6 is 15.9 Å². The van der Waals surface area contributed by atoms with Gasteiger partial charge in [0.25, 0.3) is 0 Å². The highest BCUT2D eigenvalue weighted by atomic mass is 79.9. The summed E-state index contributed by atoms with van der Waals surface area (Å²) >= 11 is 3.38. The number of aliphatic hydroxyl groups is 1. The Kier molecular flexibility index (Phi) is 4.40. The molecule has 1 aromatic heterocycles. The number of anilines is 1. The summed E-state index contributed by atoms with van der Waals surface area (Å²) in [5, 5.41) is 9.37. The Labute approximate surface area is 111 Å². The van der Waals surface area contributed by atoms with Gasteiger partial charge in [-0.15, -0.1) is 0 Å². The third kappa shape index (κ3) is 3.19. The maximum Gasteiger partial charge on any atom is 0.133 e. The van der Waals surface area contributed by atoms with Gasteiger partial charge in [-0.25, -0.2) is 4.98 Å². The Bertz CT molecular complexity index is 378. The van der Waals surface area contributed by atoms with Gasteiger partial charge < -0.3 is 10.0 Å². The van der Waals surface area contributed by atoms with Gasteiger partial charge in [0, 0.05) is 29.8 Å². The van der Waals surface area contributed by atoms with E-state index >= 15 is 0 Å². The number of rotatable bonds is 4. The number of pyridine rings is 1. The first kappa shape index (κ1) is 12.8. The van der Waals surface area contributed by atoms with Gasteiger partial charge in [-0.05, 0) is 40.8 Å². The molecule has 0 aliphatic heterocycles. The highest BCUT2D eigenvalue weighted by Crippen LogP contribution is 2.28. The monoisotopic (exact) mass is 298 g/mol. The lowest BCUT2D eigenvalue weighted by molar-refractivity contribution is 0.281. The van der Waals surface area contributed by atoms with Crippen molar-refractivity contribution < 1.29 is 5.11 Å². The number of aromatic nitrogens is 1. The minimum Gasteiger partial charge on any atom is -0.392 e. The SMILES string of the molecule is CN(CC1CCCC1)c1ncc(Br)cc1CO. The van der Waals surface area contributed by atoms with Crippen LogP contribution in [0, 0.1) is 5.92 Å². The zero-order chi connectivity index (χ0) is 12.3. The van der Waals surface area contributed by atoms with Crippen molar-refractivity contribution in [3.63, 3.8) is 0 Å². The minimum absolute atomic E-state index is 0.0385. The normalized spacial score (nSPS) is 16.4. The molecule has 1 aliphatic rings. The van der Waals surface area contributed by atoms with Crippen molar-refractivity contribution >= 4 is 21.7 Å². The van der Waals surface area contributed by atoms with Crippen LogP contribution in [0.3, 0.4) is 0 Å². The van der Waals surface area contributed by atoms with Crippen LogP contribution in [-0.4, -0.2) is 23.7 Å². The van der Waals surface area contributed by atoms with Crippen LogP contribution in [0.2, 0.25) is 0 Å². The molecule has 3 nitrogen and oxygen atoms in total. The van der Waals surface area contributed by atoms with E-state index in [-0.39, 0.29) is 6.61 Å². The minimum atomic E-state index is 0.0385. The predicted molar refractivity (Wildman–Crippen MR) is 73.1 cm³/mol. The first-order valence-electron chi connectivity index (χ1n) is 6.17. The van der Waals surface area contributed by atoms with Crippen molar-refractivity contribution in [2.45, 2.75) is 32.3 Å². The summed E-state index contributed by atoms with van der Waals surface area (Å²) in [7, 11) is 2.06. The third-order valence-corrected chi connectivity index (χ3v) is 3.88. The summed E-state index contributed by atoms with van der Waals surface area (Å²) in [5.41, 5.74) is 0.889. The van der Waals surface area contributed by atoms with Gasteiger partial charge in [-0.1, -0.05) is 12.8 Å². The summed E-state index contributed by atoms with van der Waals surface area (Å²) in [6, 6.07) is 1.94. The van der Waals surface area contributed by atoms with Gasteiger partial charge in [-0.3, -0.25) is 0 Å². The number of aliphatic hydroxyl groups excluding tert-OH is 1. The molecule has 0 amide bonds. The molecular formula is C13H19BrN2O. The van der Waals surface area contributed by atoms with Crippen LogP contribution in [0.5, 0.6) is 0 Å². The molecule has 1 aliphatic carbocycles. The molecule has 94 valence electrons. The average Bonchev–Trinajstić information content (AvgIpc) is 2.81. The lowest BCUT2D eigenvalue weighted by Crippen LogP contribution is -2.26. The van der Waals surface area contributed by atoms with Crippen molar-refractivity contribution in [1.82, 2.24) is 4.98 Å². The molecular weight excluding hydrogens is 280 g/mol. The zero-order valence-corrected chi connectivity index (χ0v) is 11.8. The van der Waals surface area contributed by atoms with Gasteiger partial charge >= 0.3 is 0 Å². The Balaban J connectivity index is 2.09. The van der Waals surface area contributed by atoms with E-state index in [0.29, 0.717) is 0 Å². The molecule has 0 saturated heterocycles. The van der Waals surface area contributed by atoms with E-state index in [2.05, 4.69) is 32.9 Å². The predicted octanol–water partition coefficient (Wildman–Crippen LogP) is 2.96. The van der Waals surface area contributed by atoms with E-state index in [1.807, 2.05) is 6.07 Å². The lowest BCUT2D eigenvalue weighted by atomic mass is 10.1. The molecule has 4 heteroatoms. The highest BCUT2D eigenvalue weighted by molar-refractivity contribution is 9.10. The topological polar surface area (TPSA) is 36.4 Å². The largest absolute Gasteiger partial charge is 0.392 e. The Morgan fingerprint density at radius 2 is 2.18 bits per heavy atom. The van der Waals surface area contributed by atoms with Crippen molar-refractivity contribution in [2.75, 3.05) is 18.5 Å². The molecule has 0 bridgehead atoms. The van der Waals surface area contributed by atoms with Crippen LogP contribution < -0.4 is 4.90 Å². The first-order chi connectivity index (χ1) is 8.20. The molecule has 1 aromatic rings. The quantitative estimate of drug-likeness (QED) is 0.928. The van der Waals surface area contributed by atoms with Gasteiger partial charge in [0.2, 0.25) is 0 Å². The van der Waals surface area contributed by atoms with Gasteiger partial charge in [0.05, 0.1) is 6.61 Å². The van der Waals surface area contributed by atoms with Crippen LogP contribution in [0.1, 0.15) is 31.2 Å². The Hall–Kier alpha value is -0.610. The summed E-state index contributed by atoms with van der Waals surface area (Å²) < 4.78 is 0.916. The number of hydrogen-bond acceptors (Lipinski definition) is 3. The maximum atomic E-state index is 9.37. The van der Waals surface area contributed by atoms with Crippen LogP contribution in [0.25, 0.3) is 0 Å². The van der Waals surface area contributed by atoms with E-state index < -0.39 is 0 Å². The van der Waals surface area contributed by atoms with E-state index in [1.54, 1.807) is 6.20 Å². The smallest absolute Gasteiger partial charge is 0.133 e. The maximum absolute atomic E-state index is 9.37. The fourth-order valence-corrected chi connectivity index (χ4v) is 2.98. The highest BCUT2D eigenvalue weighted by Gasteiger charge is 2.18. The fraction of sp³-hybridized carbons (Fsp3) is 0.615. The molecule has 1 N–H and O–H groups in total. The lowest BCUT2D eigenvalue weighted by Gasteiger charge is -2.24. The van der Waals surface area contributed by atoms with E-state index in [1.165, 1.54) is 25.7 Å². The molecule has 0 atom stereocenters. The summed E-state index contributed by atoms with van der Waals surface area (Å²) in [5.74, 6) is 1.69. The Morgan fingerprint density at radius 3 is 2.82 bits per heavy atom. The van der Waals surface area contributed by atoms with Crippen molar-refractivity contribution in [3.05, 3.63) is 22.3 Å². The average molecular weight is 299 g/mol. The van der Waals surface area contributed by atoms with Gasteiger partial charge in [0.15, 0.2) is 0 Å². The third-order valence-electron chi connectivity index (χ3n) is 3.45. The zero-order valence-electron chi connectivity index (χ0n) is 10.2. The van der Waals surface area contributed by atoms with Crippen LogP contribution in [0.4, 0.5) is 5.82 Å². The number of hydrogen-bond donors (Lipinski definition) is 1. The van der Waals surface area contributed by atoms with Crippen LogP contribution in [0.15, 0.2) is 16.7 Å². The van der Waals surface area contributed by atoms with E-state index in [0.717, 1.165) is 28.3 Å². The standard InChI is InChI=1S/C13H19BrN2O/c1-16(8-10-4-2-3-5-10)13-11(9-17)6-12(14)7-15-13/h6-7,10,17H,2-5,8-9H2,1H3. The molecule has 17 heavy (non-hydrogen) atoms.